The van der Waals surface area contributed by atoms with Crippen LogP contribution >= 0.6 is 50.9 Å². The fourth-order valence-electron chi connectivity index (χ4n) is 2.70. The number of benzene rings is 2. The topological polar surface area (TPSA) is 76.9 Å². The average Bonchev–Trinajstić information content (AvgIpc) is 3.12. The van der Waals surface area contributed by atoms with Crippen molar-refractivity contribution >= 4 is 62.6 Å². The summed E-state index contributed by atoms with van der Waals surface area (Å²) in [4.78, 5) is 24.9. The van der Waals surface area contributed by atoms with Gasteiger partial charge in [0.15, 0.2) is 16.8 Å². The fraction of sp³-hybridized carbons (Fsp3) is 0.200. The summed E-state index contributed by atoms with van der Waals surface area (Å²) in [5.41, 5.74) is 0.956. The lowest BCUT2D eigenvalue weighted by molar-refractivity contribution is 0.0947. The first kappa shape index (κ1) is 22.8. The molecule has 1 aromatic heterocycles. The van der Waals surface area contributed by atoms with Crippen LogP contribution in [0.25, 0.3) is 0 Å². The Kier molecular flexibility index (Phi) is 7.93. The van der Waals surface area contributed by atoms with Crippen LogP contribution < -0.4 is 5.32 Å². The van der Waals surface area contributed by atoms with E-state index in [1.54, 1.807) is 30.3 Å². The van der Waals surface area contributed by atoms with Gasteiger partial charge >= 0.3 is 0 Å². The van der Waals surface area contributed by atoms with Crippen molar-refractivity contribution in [2.45, 2.75) is 25.2 Å². The van der Waals surface area contributed by atoms with Crippen molar-refractivity contribution in [2.24, 2.45) is 0 Å². The van der Waals surface area contributed by atoms with Gasteiger partial charge in [-0.15, -0.1) is 10.2 Å². The van der Waals surface area contributed by atoms with E-state index >= 15 is 0 Å². The number of aromatic nitrogens is 3. The molecule has 6 nitrogen and oxygen atoms in total. The molecule has 0 aliphatic carbocycles. The Morgan fingerprint density at radius 1 is 1.13 bits per heavy atom. The first-order chi connectivity index (χ1) is 14.4. The first-order valence-electron chi connectivity index (χ1n) is 8.96. The Morgan fingerprint density at radius 2 is 1.90 bits per heavy atom. The summed E-state index contributed by atoms with van der Waals surface area (Å²) >= 11 is 16.6. The van der Waals surface area contributed by atoms with Crippen LogP contribution in [0, 0.1) is 0 Å². The van der Waals surface area contributed by atoms with Crippen molar-refractivity contribution in [1.29, 1.82) is 0 Å². The summed E-state index contributed by atoms with van der Waals surface area (Å²) in [6.45, 7) is 2.77. The number of thioether (sulfide) groups is 1. The minimum Gasteiger partial charge on any atom is -0.345 e. The van der Waals surface area contributed by atoms with E-state index in [-0.39, 0.29) is 24.0 Å². The van der Waals surface area contributed by atoms with Crippen LogP contribution in [0.5, 0.6) is 0 Å². The molecule has 10 heteroatoms. The van der Waals surface area contributed by atoms with Crippen molar-refractivity contribution in [3.05, 3.63) is 73.9 Å². The Balaban J connectivity index is 1.64. The summed E-state index contributed by atoms with van der Waals surface area (Å²) in [5, 5.41) is 12.6. The average molecular weight is 528 g/mol. The van der Waals surface area contributed by atoms with Crippen LogP contribution in [0.3, 0.4) is 0 Å². The van der Waals surface area contributed by atoms with Crippen LogP contribution in [0.1, 0.15) is 33.5 Å². The Hall–Kier alpha value is -1.87. The molecule has 3 aromatic rings. The molecule has 3 rings (SSSR count). The molecule has 0 radical (unpaired) electrons. The van der Waals surface area contributed by atoms with E-state index in [2.05, 4.69) is 31.4 Å². The molecule has 1 amide bonds. The molecule has 0 atom stereocenters. The molecule has 1 heterocycles. The molecule has 0 unspecified atom stereocenters. The Bertz CT molecular complexity index is 1090. The van der Waals surface area contributed by atoms with Gasteiger partial charge in [0.1, 0.15) is 0 Å². The zero-order valence-electron chi connectivity index (χ0n) is 15.9. The lowest BCUT2D eigenvalue weighted by atomic mass is 10.1. The highest BCUT2D eigenvalue weighted by molar-refractivity contribution is 9.10. The second kappa shape index (κ2) is 10.4. The summed E-state index contributed by atoms with van der Waals surface area (Å²) in [6, 6.07) is 12.0. The zero-order chi connectivity index (χ0) is 21.7. The molecule has 0 bridgehead atoms. The number of carbonyl (C=O) groups excluding carboxylic acids is 2. The number of rotatable bonds is 8. The summed E-state index contributed by atoms with van der Waals surface area (Å²) in [5.74, 6) is 0.423. The number of hydrogen-bond acceptors (Lipinski definition) is 5. The van der Waals surface area contributed by atoms with Gasteiger partial charge in [0.25, 0.3) is 5.91 Å². The summed E-state index contributed by atoms with van der Waals surface area (Å²) < 4.78 is 2.58. The zero-order valence-corrected chi connectivity index (χ0v) is 19.8. The van der Waals surface area contributed by atoms with Crippen molar-refractivity contribution in [2.75, 3.05) is 5.75 Å². The number of Topliss-reactive ketones (excluding diaryl/α,β-unsaturated/α-hetero) is 1. The molecule has 0 spiro atoms. The number of nitrogens with one attached hydrogen (secondary N) is 1. The summed E-state index contributed by atoms with van der Waals surface area (Å²) in [7, 11) is 0. The van der Waals surface area contributed by atoms with Gasteiger partial charge in [-0.3, -0.25) is 9.59 Å². The Labute approximate surface area is 196 Å². The van der Waals surface area contributed by atoms with Crippen molar-refractivity contribution in [3.8, 4) is 0 Å². The van der Waals surface area contributed by atoms with Crippen LogP contribution in [-0.4, -0.2) is 32.2 Å². The normalized spacial score (nSPS) is 10.8. The van der Waals surface area contributed by atoms with Gasteiger partial charge in [-0.2, -0.15) is 0 Å². The minimum atomic E-state index is -0.213. The van der Waals surface area contributed by atoms with Crippen LogP contribution in [0.4, 0.5) is 0 Å². The van der Waals surface area contributed by atoms with Crippen molar-refractivity contribution < 1.29 is 9.59 Å². The van der Waals surface area contributed by atoms with E-state index in [1.165, 1.54) is 11.8 Å². The molecule has 1 N–H and O–H groups in total. The smallest absolute Gasteiger partial charge is 0.252 e. The summed E-state index contributed by atoms with van der Waals surface area (Å²) in [6.07, 6.45) is 0. The molecule has 0 saturated carbocycles. The van der Waals surface area contributed by atoms with Crippen LogP contribution in [0.2, 0.25) is 10.0 Å². The number of amides is 1. The molecule has 156 valence electrons. The first-order valence-corrected chi connectivity index (χ1v) is 11.5. The monoisotopic (exact) mass is 526 g/mol. The van der Waals surface area contributed by atoms with Gasteiger partial charge in [0.05, 0.1) is 22.9 Å². The molecule has 0 aliphatic heterocycles. The third kappa shape index (κ3) is 5.43. The third-order valence-electron chi connectivity index (χ3n) is 4.20. The van der Waals surface area contributed by atoms with E-state index in [0.29, 0.717) is 38.7 Å². The standard InChI is InChI=1S/C20H17BrCl2N4O2S/c1-2-27-18(10-24-19(29)13-5-3-4-6-15(13)21)25-26-20(27)30-11-17(28)14-8-7-12(22)9-16(14)23/h3-9H,2,10-11H2,1H3,(H,24,29). The van der Waals surface area contributed by atoms with E-state index in [4.69, 9.17) is 23.2 Å². The quantitative estimate of drug-likeness (QED) is 0.319. The highest BCUT2D eigenvalue weighted by atomic mass is 79.9. The SMILES string of the molecule is CCn1c(CNC(=O)c2ccccc2Br)nnc1SCC(=O)c1ccc(Cl)cc1Cl. The van der Waals surface area contributed by atoms with E-state index < -0.39 is 0 Å². The second-order valence-electron chi connectivity index (χ2n) is 6.14. The van der Waals surface area contributed by atoms with E-state index in [1.807, 2.05) is 23.6 Å². The maximum absolute atomic E-state index is 12.5. The predicted octanol–water partition coefficient (Wildman–Crippen LogP) is 5.27. The molecular weight excluding hydrogens is 511 g/mol. The number of nitrogens with zero attached hydrogens (tertiary/aromatic N) is 3. The predicted molar refractivity (Wildman–Crippen MR) is 123 cm³/mol. The number of hydrogen-bond donors (Lipinski definition) is 1. The van der Waals surface area contributed by atoms with Crippen molar-refractivity contribution in [3.63, 3.8) is 0 Å². The van der Waals surface area contributed by atoms with E-state index in [0.717, 1.165) is 4.47 Å². The molecule has 2 aromatic carbocycles. The number of carbonyl (C=O) groups is 2. The largest absolute Gasteiger partial charge is 0.345 e. The van der Waals surface area contributed by atoms with Crippen LogP contribution in [0.15, 0.2) is 52.1 Å². The number of ketones is 1. The maximum atomic E-state index is 12.5. The van der Waals surface area contributed by atoms with Gasteiger partial charge in [-0.25, -0.2) is 0 Å². The minimum absolute atomic E-state index is 0.129. The molecule has 0 aliphatic rings. The highest BCUT2D eigenvalue weighted by Crippen LogP contribution is 2.24. The Morgan fingerprint density at radius 3 is 2.60 bits per heavy atom. The van der Waals surface area contributed by atoms with Gasteiger partial charge in [-0.1, -0.05) is 47.1 Å². The molecule has 0 fully saturated rings. The van der Waals surface area contributed by atoms with Gasteiger partial charge in [0, 0.05) is 21.6 Å². The fourth-order valence-corrected chi connectivity index (χ4v) is 4.58. The molecule has 30 heavy (non-hydrogen) atoms. The van der Waals surface area contributed by atoms with Crippen LogP contribution in [-0.2, 0) is 13.1 Å². The number of halogens is 3. The van der Waals surface area contributed by atoms with Crippen molar-refractivity contribution in [1.82, 2.24) is 20.1 Å². The molecule has 0 saturated heterocycles. The second-order valence-corrected chi connectivity index (χ2v) is 8.78. The maximum Gasteiger partial charge on any atom is 0.252 e. The van der Waals surface area contributed by atoms with Gasteiger partial charge in [-0.05, 0) is 53.2 Å². The lowest BCUT2D eigenvalue weighted by Gasteiger charge is -2.09. The lowest BCUT2D eigenvalue weighted by Crippen LogP contribution is -2.25. The van der Waals surface area contributed by atoms with Gasteiger partial charge < -0.3 is 9.88 Å². The highest BCUT2D eigenvalue weighted by Gasteiger charge is 2.17. The third-order valence-corrected chi connectivity index (χ3v) is 6.41. The van der Waals surface area contributed by atoms with Gasteiger partial charge in [0.2, 0.25) is 0 Å². The molecular formula is C20H17BrCl2N4O2S. The van der Waals surface area contributed by atoms with E-state index in [9.17, 15) is 9.59 Å².